The molecule has 5 nitrogen and oxygen atoms in total. The van der Waals surface area contributed by atoms with E-state index in [1.807, 2.05) is 30.3 Å². The molecule has 1 aromatic carbocycles. The zero-order valence-electron chi connectivity index (χ0n) is 10.5. The van der Waals surface area contributed by atoms with Crippen LogP contribution < -0.4 is 11.2 Å². The zero-order chi connectivity index (χ0) is 15.4. The molecule has 1 aromatic heterocycles. The third-order valence-electron chi connectivity index (χ3n) is 2.47. The molecule has 2 aromatic rings. The lowest BCUT2D eigenvalue weighted by Gasteiger charge is -2.07. The summed E-state index contributed by atoms with van der Waals surface area (Å²) in [6.45, 7) is 0. The molecule has 8 heteroatoms. The van der Waals surface area contributed by atoms with Gasteiger partial charge in [-0.25, -0.2) is 10.4 Å². The molecule has 0 radical (unpaired) electrons. The summed E-state index contributed by atoms with van der Waals surface area (Å²) in [6.07, 6.45) is 1.48. The standard InChI is InChI=1S/C13H9Cl3N4O/c14-8-10(17)9(15)12(16)19-11(8)13(21)20-18-6-7-4-2-1-3-5-7/h1-6H,(H2,17,19)(H,20,21). The van der Waals surface area contributed by atoms with Gasteiger partial charge >= 0.3 is 0 Å². The Morgan fingerprint density at radius 1 is 1.19 bits per heavy atom. The van der Waals surface area contributed by atoms with Crippen LogP contribution in [0.3, 0.4) is 0 Å². The number of pyridine rings is 1. The van der Waals surface area contributed by atoms with Crippen LogP contribution in [0.5, 0.6) is 0 Å². The summed E-state index contributed by atoms with van der Waals surface area (Å²) >= 11 is 17.5. The lowest BCUT2D eigenvalue weighted by atomic mass is 10.2. The number of carbonyl (C=O) groups is 1. The van der Waals surface area contributed by atoms with E-state index in [1.54, 1.807) is 0 Å². The van der Waals surface area contributed by atoms with Crippen LogP contribution in [0, 0.1) is 0 Å². The molecule has 0 aliphatic heterocycles. The smallest absolute Gasteiger partial charge is 0.291 e. The van der Waals surface area contributed by atoms with Crippen molar-refractivity contribution in [2.45, 2.75) is 0 Å². The number of amides is 1. The predicted molar refractivity (Wildman–Crippen MR) is 85.2 cm³/mol. The Bertz CT molecular complexity index is 704. The molecule has 21 heavy (non-hydrogen) atoms. The van der Waals surface area contributed by atoms with Gasteiger partial charge in [-0.15, -0.1) is 0 Å². The molecule has 1 amide bonds. The third-order valence-corrected chi connectivity index (χ3v) is 3.60. The predicted octanol–water partition coefficient (Wildman–Crippen LogP) is 3.39. The maximum Gasteiger partial charge on any atom is 0.291 e. The summed E-state index contributed by atoms with van der Waals surface area (Å²) < 4.78 is 0. The van der Waals surface area contributed by atoms with Crippen LogP contribution in [-0.2, 0) is 0 Å². The normalized spacial score (nSPS) is 10.8. The molecule has 3 N–H and O–H groups in total. The van der Waals surface area contributed by atoms with Crippen molar-refractivity contribution in [2.75, 3.05) is 5.73 Å². The van der Waals surface area contributed by atoms with Gasteiger partial charge in [0.25, 0.3) is 5.91 Å². The van der Waals surface area contributed by atoms with E-state index in [0.717, 1.165) is 5.56 Å². The third kappa shape index (κ3) is 3.64. The fourth-order valence-electron chi connectivity index (χ4n) is 1.44. The number of nitrogens with zero attached hydrogens (tertiary/aromatic N) is 2. The van der Waals surface area contributed by atoms with Gasteiger partial charge in [0.15, 0.2) is 10.8 Å². The molecule has 0 aliphatic carbocycles. The van der Waals surface area contributed by atoms with Crippen molar-refractivity contribution in [1.29, 1.82) is 0 Å². The first-order valence-electron chi connectivity index (χ1n) is 5.69. The molecule has 108 valence electrons. The van der Waals surface area contributed by atoms with E-state index in [1.165, 1.54) is 6.21 Å². The summed E-state index contributed by atoms with van der Waals surface area (Å²) in [5, 5.41) is 3.63. The molecule has 0 atom stereocenters. The highest BCUT2D eigenvalue weighted by molar-refractivity contribution is 6.46. The van der Waals surface area contributed by atoms with Gasteiger partial charge in [-0.1, -0.05) is 65.1 Å². The van der Waals surface area contributed by atoms with Crippen LogP contribution in [0.4, 0.5) is 5.69 Å². The minimum absolute atomic E-state index is 0.00415. The maximum absolute atomic E-state index is 11.9. The number of nitrogens with one attached hydrogen (secondary N) is 1. The average molecular weight is 344 g/mol. The molecule has 0 unspecified atom stereocenters. The van der Waals surface area contributed by atoms with Gasteiger partial charge in [-0.05, 0) is 5.56 Å². The maximum atomic E-state index is 11.9. The van der Waals surface area contributed by atoms with E-state index in [9.17, 15) is 4.79 Å². The Morgan fingerprint density at radius 3 is 2.52 bits per heavy atom. The first-order chi connectivity index (χ1) is 10.0. The second kappa shape index (κ2) is 6.76. The lowest BCUT2D eigenvalue weighted by Crippen LogP contribution is -2.20. The van der Waals surface area contributed by atoms with Gasteiger partial charge in [0.2, 0.25) is 0 Å². The summed E-state index contributed by atoms with van der Waals surface area (Å²) in [4.78, 5) is 15.7. The molecule has 2 rings (SSSR count). The van der Waals surface area contributed by atoms with Crippen LogP contribution in [0.1, 0.15) is 16.1 Å². The van der Waals surface area contributed by atoms with Crippen LogP contribution in [-0.4, -0.2) is 17.1 Å². The number of rotatable bonds is 3. The fraction of sp³-hybridized carbons (Fsp3) is 0. The number of benzene rings is 1. The van der Waals surface area contributed by atoms with Gasteiger partial charge in [0.1, 0.15) is 5.02 Å². The van der Waals surface area contributed by atoms with Gasteiger partial charge in [-0.3, -0.25) is 4.79 Å². The van der Waals surface area contributed by atoms with Crippen molar-refractivity contribution in [1.82, 2.24) is 10.4 Å². The van der Waals surface area contributed by atoms with E-state index in [-0.39, 0.29) is 26.6 Å². The highest BCUT2D eigenvalue weighted by Crippen LogP contribution is 2.34. The molecular formula is C13H9Cl3N4O. The zero-order valence-corrected chi connectivity index (χ0v) is 12.7. The van der Waals surface area contributed by atoms with E-state index in [4.69, 9.17) is 40.5 Å². The van der Waals surface area contributed by atoms with Crippen LogP contribution >= 0.6 is 34.8 Å². The molecule has 1 heterocycles. The molecule has 0 saturated carbocycles. The summed E-state index contributed by atoms with van der Waals surface area (Å²) in [6, 6.07) is 9.23. The van der Waals surface area contributed by atoms with Crippen molar-refractivity contribution in [2.24, 2.45) is 5.10 Å². The van der Waals surface area contributed by atoms with Crippen molar-refractivity contribution in [3.05, 3.63) is 56.8 Å². The summed E-state index contributed by atoms with van der Waals surface area (Å²) in [5.74, 6) is -0.641. The van der Waals surface area contributed by atoms with E-state index in [0.29, 0.717) is 0 Å². The highest BCUT2D eigenvalue weighted by atomic mass is 35.5. The fourth-order valence-corrected chi connectivity index (χ4v) is 2.03. The molecule has 0 spiro atoms. The van der Waals surface area contributed by atoms with Gasteiger partial charge in [-0.2, -0.15) is 5.10 Å². The van der Waals surface area contributed by atoms with Crippen LogP contribution in [0.2, 0.25) is 15.2 Å². The van der Waals surface area contributed by atoms with Gasteiger partial charge in [0.05, 0.1) is 16.9 Å². The number of carbonyl (C=O) groups excluding carboxylic acids is 1. The van der Waals surface area contributed by atoms with E-state index < -0.39 is 5.91 Å². The minimum atomic E-state index is -0.641. The second-order valence-electron chi connectivity index (χ2n) is 3.90. The second-order valence-corrected chi connectivity index (χ2v) is 5.02. The Hall–Kier alpha value is -1.82. The average Bonchev–Trinajstić information content (AvgIpc) is 2.49. The first-order valence-corrected chi connectivity index (χ1v) is 6.82. The Labute approximate surface area is 135 Å². The topological polar surface area (TPSA) is 80.4 Å². The van der Waals surface area contributed by atoms with Gasteiger partial charge < -0.3 is 5.73 Å². The lowest BCUT2D eigenvalue weighted by molar-refractivity contribution is 0.0950. The monoisotopic (exact) mass is 342 g/mol. The number of halogens is 3. The molecule has 0 fully saturated rings. The number of anilines is 1. The molecular weight excluding hydrogens is 335 g/mol. The van der Waals surface area contributed by atoms with Crippen molar-refractivity contribution < 1.29 is 4.79 Å². The number of hydrazone groups is 1. The van der Waals surface area contributed by atoms with Crippen molar-refractivity contribution in [3.8, 4) is 0 Å². The summed E-state index contributed by atoms with van der Waals surface area (Å²) in [7, 11) is 0. The van der Waals surface area contributed by atoms with Crippen LogP contribution in [0.25, 0.3) is 0 Å². The Kier molecular flexibility index (Phi) is 5.01. The first kappa shape index (κ1) is 15.6. The number of hydrogen-bond donors (Lipinski definition) is 2. The van der Waals surface area contributed by atoms with Crippen LogP contribution in [0.15, 0.2) is 35.4 Å². The molecule has 0 aliphatic rings. The molecule has 0 bridgehead atoms. The number of nitrogens with two attached hydrogens (primary N) is 1. The van der Waals surface area contributed by atoms with Crippen molar-refractivity contribution in [3.63, 3.8) is 0 Å². The van der Waals surface area contributed by atoms with Crippen molar-refractivity contribution >= 4 is 52.6 Å². The quantitative estimate of drug-likeness (QED) is 0.509. The largest absolute Gasteiger partial charge is 0.396 e. The number of aromatic nitrogens is 1. The minimum Gasteiger partial charge on any atom is -0.396 e. The Morgan fingerprint density at radius 2 is 1.86 bits per heavy atom. The Balaban J connectivity index is 2.16. The van der Waals surface area contributed by atoms with Gasteiger partial charge in [0, 0.05) is 0 Å². The molecule has 0 saturated heterocycles. The summed E-state index contributed by atoms with van der Waals surface area (Å²) in [5.41, 5.74) is 8.60. The SMILES string of the molecule is Nc1c(Cl)c(Cl)nc(C(=O)NN=Cc2ccccc2)c1Cl. The number of hydrogen-bond acceptors (Lipinski definition) is 4. The van der Waals surface area contributed by atoms with E-state index in [2.05, 4.69) is 15.5 Å². The van der Waals surface area contributed by atoms with E-state index >= 15 is 0 Å². The highest BCUT2D eigenvalue weighted by Gasteiger charge is 2.19. The number of nitrogen functional groups attached to an aromatic ring is 1.